The molecule has 2 fully saturated rings. The molecule has 0 N–H and O–H groups in total. The number of ketones is 1. The highest BCUT2D eigenvalue weighted by atomic mass is 16.6. The molecule has 2 aliphatic carbocycles. The molecule has 0 radical (unpaired) electrons. The monoisotopic (exact) mass is 282 g/mol. The summed E-state index contributed by atoms with van der Waals surface area (Å²) in [5.41, 5.74) is -1.71. The fraction of sp³-hybridized carbons (Fsp3) is 0.800. The third kappa shape index (κ3) is 2.13. The van der Waals surface area contributed by atoms with Crippen LogP contribution < -0.4 is 0 Å². The SMILES string of the molecule is CC(C)OC(=O)C1(C(=O)OC(C)C)C(=O)[C@@H]2CC[C@H]1C2. The molecular weight excluding hydrogens is 260 g/mol. The zero-order valence-electron chi connectivity index (χ0n) is 12.5. The minimum Gasteiger partial charge on any atom is -0.462 e. The quantitative estimate of drug-likeness (QED) is 0.581. The van der Waals surface area contributed by atoms with E-state index in [0.717, 1.165) is 6.42 Å². The highest BCUT2D eigenvalue weighted by Crippen LogP contribution is 2.54. The number of fused-ring (bicyclic) bond motifs is 2. The van der Waals surface area contributed by atoms with E-state index in [-0.39, 0.29) is 29.8 Å². The Bertz CT molecular complexity index is 416. The Morgan fingerprint density at radius 2 is 1.55 bits per heavy atom. The average molecular weight is 282 g/mol. The third-order valence-corrected chi connectivity index (χ3v) is 4.13. The first-order chi connectivity index (χ1) is 9.30. The molecule has 112 valence electrons. The average Bonchev–Trinajstić information content (AvgIpc) is 2.86. The number of Topliss-reactive ketones (excluding diaryl/α,β-unsaturated/α-hetero) is 1. The molecule has 0 unspecified atom stereocenters. The second-order valence-corrected chi connectivity index (χ2v) is 6.29. The molecule has 2 atom stereocenters. The summed E-state index contributed by atoms with van der Waals surface area (Å²) in [6, 6.07) is 0. The van der Waals surface area contributed by atoms with Gasteiger partial charge in [0.25, 0.3) is 0 Å². The predicted molar refractivity (Wildman–Crippen MR) is 70.7 cm³/mol. The first kappa shape index (κ1) is 15.0. The maximum absolute atomic E-state index is 12.5. The van der Waals surface area contributed by atoms with Gasteiger partial charge in [-0.1, -0.05) is 0 Å². The number of carbonyl (C=O) groups is 3. The van der Waals surface area contributed by atoms with Gasteiger partial charge in [-0.2, -0.15) is 0 Å². The molecule has 2 aliphatic rings. The van der Waals surface area contributed by atoms with Crippen LogP contribution in [-0.2, 0) is 23.9 Å². The summed E-state index contributed by atoms with van der Waals surface area (Å²) in [6.07, 6.45) is 1.34. The summed E-state index contributed by atoms with van der Waals surface area (Å²) < 4.78 is 10.4. The molecule has 0 saturated heterocycles. The topological polar surface area (TPSA) is 69.7 Å². The minimum absolute atomic E-state index is 0.195. The molecule has 0 spiro atoms. The Hall–Kier alpha value is -1.39. The summed E-state index contributed by atoms with van der Waals surface area (Å²) in [6.45, 7) is 6.82. The van der Waals surface area contributed by atoms with Crippen molar-refractivity contribution in [2.45, 2.75) is 59.2 Å². The van der Waals surface area contributed by atoms with Crippen molar-refractivity contribution < 1.29 is 23.9 Å². The van der Waals surface area contributed by atoms with E-state index in [0.29, 0.717) is 12.8 Å². The first-order valence-corrected chi connectivity index (χ1v) is 7.26. The lowest BCUT2D eigenvalue weighted by molar-refractivity contribution is -0.182. The van der Waals surface area contributed by atoms with Gasteiger partial charge in [-0.3, -0.25) is 14.4 Å². The van der Waals surface area contributed by atoms with Crippen molar-refractivity contribution in [3.8, 4) is 0 Å². The van der Waals surface area contributed by atoms with E-state index in [2.05, 4.69) is 0 Å². The summed E-state index contributed by atoms with van der Waals surface area (Å²) in [5.74, 6) is -2.22. The molecule has 0 aliphatic heterocycles. The largest absolute Gasteiger partial charge is 0.462 e. The first-order valence-electron chi connectivity index (χ1n) is 7.26. The number of carbonyl (C=O) groups excluding carboxylic acids is 3. The smallest absolute Gasteiger partial charge is 0.331 e. The van der Waals surface area contributed by atoms with Gasteiger partial charge in [-0.15, -0.1) is 0 Å². The van der Waals surface area contributed by atoms with Crippen molar-refractivity contribution in [3.05, 3.63) is 0 Å². The van der Waals surface area contributed by atoms with Crippen molar-refractivity contribution >= 4 is 17.7 Å². The van der Waals surface area contributed by atoms with Crippen LogP contribution in [0, 0.1) is 17.3 Å². The van der Waals surface area contributed by atoms with Crippen LogP contribution in [0.15, 0.2) is 0 Å². The lowest BCUT2D eigenvalue weighted by Crippen LogP contribution is -2.53. The molecule has 5 nitrogen and oxygen atoms in total. The van der Waals surface area contributed by atoms with E-state index in [1.165, 1.54) is 0 Å². The zero-order valence-corrected chi connectivity index (χ0v) is 12.5. The van der Waals surface area contributed by atoms with Gasteiger partial charge in [0, 0.05) is 5.92 Å². The molecule has 0 aromatic heterocycles. The Kier molecular flexibility index (Phi) is 3.89. The third-order valence-electron chi connectivity index (χ3n) is 4.13. The summed E-state index contributed by atoms with van der Waals surface area (Å²) in [5, 5.41) is 0. The van der Waals surface area contributed by atoms with Crippen molar-refractivity contribution in [2.24, 2.45) is 17.3 Å². The molecular formula is C15H22O5. The Labute approximate surface area is 119 Å². The fourth-order valence-electron chi connectivity index (χ4n) is 3.37. The minimum atomic E-state index is -1.71. The highest BCUT2D eigenvalue weighted by Gasteiger charge is 2.69. The fourth-order valence-corrected chi connectivity index (χ4v) is 3.37. The Morgan fingerprint density at radius 3 is 1.90 bits per heavy atom. The predicted octanol–water partition coefficient (Wildman–Crippen LogP) is 1.87. The van der Waals surface area contributed by atoms with Gasteiger partial charge in [-0.25, -0.2) is 0 Å². The Morgan fingerprint density at radius 1 is 1.05 bits per heavy atom. The van der Waals surface area contributed by atoms with Gasteiger partial charge < -0.3 is 9.47 Å². The highest BCUT2D eigenvalue weighted by molar-refractivity contribution is 6.22. The molecule has 2 bridgehead atoms. The van der Waals surface area contributed by atoms with Gasteiger partial charge in [0.15, 0.2) is 5.78 Å². The normalized spacial score (nSPS) is 27.2. The van der Waals surface area contributed by atoms with Crippen LogP contribution in [0.2, 0.25) is 0 Å². The van der Waals surface area contributed by atoms with E-state index < -0.39 is 17.4 Å². The van der Waals surface area contributed by atoms with Gasteiger partial charge in [-0.05, 0) is 52.9 Å². The van der Waals surface area contributed by atoms with E-state index in [1.54, 1.807) is 27.7 Å². The molecule has 0 heterocycles. The van der Waals surface area contributed by atoms with Crippen LogP contribution in [0.5, 0.6) is 0 Å². The van der Waals surface area contributed by atoms with E-state index in [4.69, 9.17) is 9.47 Å². The molecule has 0 aromatic rings. The molecule has 0 aromatic carbocycles. The molecule has 2 saturated carbocycles. The number of hydrogen-bond donors (Lipinski definition) is 0. The van der Waals surface area contributed by atoms with Crippen LogP contribution in [0.1, 0.15) is 47.0 Å². The maximum atomic E-state index is 12.5. The summed E-state index contributed by atoms with van der Waals surface area (Å²) in [7, 11) is 0. The molecule has 0 amide bonds. The van der Waals surface area contributed by atoms with Gasteiger partial charge in [0.2, 0.25) is 5.41 Å². The van der Waals surface area contributed by atoms with Crippen LogP contribution in [-0.4, -0.2) is 29.9 Å². The number of hydrogen-bond acceptors (Lipinski definition) is 5. The van der Waals surface area contributed by atoms with Gasteiger partial charge in [0.05, 0.1) is 12.2 Å². The second-order valence-electron chi connectivity index (χ2n) is 6.29. The van der Waals surface area contributed by atoms with E-state index >= 15 is 0 Å². The molecule has 5 heteroatoms. The summed E-state index contributed by atoms with van der Waals surface area (Å²) in [4.78, 5) is 37.4. The van der Waals surface area contributed by atoms with E-state index in [9.17, 15) is 14.4 Å². The molecule has 20 heavy (non-hydrogen) atoms. The standard InChI is InChI=1S/C15H22O5/c1-8(2)19-13(17)15(14(18)20-9(3)4)11-6-5-10(7-11)12(15)16/h8-11H,5-7H2,1-4H3/t10-,11+/m1/s1. The van der Waals surface area contributed by atoms with Gasteiger partial charge >= 0.3 is 11.9 Å². The number of ether oxygens (including phenoxy) is 2. The van der Waals surface area contributed by atoms with Crippen LogP contribution >= 0.6 is 0 Å². The second kappa shape index (κ2) is 5.19. The van der Waals surface area contributed by atoms with Crippen molar-refractivity contribution in [1.29, 1.82) is 0 Å². The number of rotatable bonds is 4. The lowest BCUT2D eigenvalue weighted by Gasteiger charge is -2.32. The van der Waals surface area contributed by atoms with E-state index in [1.807, 2.05) is 0 Å². The zero-order chi connectivity index (χ0) is 15.1. The van der Waals surface area contributed by atoms with Crippen LogP contribution in [0.4, 0.5) is 0 Å². The van der Waals surface area contributed by atoms with Gasteiger partial charge in [0.1, 0.15) is 0 Å². The summed E-state index contributed by atoms with van der Waals surface area (Å²) >= 11 is 0. The maximum Gasteiger partial charge on any atom is 0.331 e. The van der Waals surface area contributed by atoms with Crippen molar-refractivity contribution in [2.75, 3.05) is 0 Å². The Balaban J connectivity index is 2.36. The van der Waals surface area contributed by atoms with Crippen LogP contribution in [0.3, 0.4) is 0 Å². The number of esters is 2. The van der Waals surface area contributed by atoms with Crippen molar-refractivity contribution in [3.63, 3.8) is 0 Å². The molecule has 2 rings (SSSR count). The van der Waals surface area contributed by atoms with Crippen LogP contribution in [0.25, 0.3) is 0 Å². The van der Waals surface area contributed by atoms with Crippen molar-refractivity contribution in [1.82, 2.24) is 0 Å². The lowest BCUT2D eigenvalue weighted by atomic mass is 9.72.